The van der Waals surface area contributed by atoms with Crippen molar-refractivity contribution in [2.75, 3.05) is 13.7 Å². The van der Waals surface area contributed by atoms with Gasteiger partial charge in [-0.3, -0.25) is 4.79 Å². The van der Waals surface area contributed by atoms with Crippen LogP contribution < -0.4 is 10.1 Å². The highest BCUT2D eigenvalue weighted by Gasteiger charge is 2.54. The molecule has 3 fully saturated rings. The van der Waals surface area contributed by atoms with E-state index in [0.29, 0.717) is 18.4 Å². The number of methoxy groups -OCH3 is 1. The molecule has 27 heavy (non-hydrogen) atoms. The Kier molecular flexibility index (Phi) is 5.02. The van der Waals surface area contributed by atoms with Crippen molar-refractivity contribution in [3.63, 3.8) is 0 Å². The van der Waals surface area contributed by atoms with Crippen LogP contribution in [0.5, 0.6) is 5.75 Å². The molecule has 4 nitrogen and oxygen atoms in total. The van der Waals surface area contributed by atoms with Crippen molar-refractivity contribution in [2.45, 2.75) is 51.7 Å². The molecule has 0 spiro atoms. The molecule has 1 aromatic rings. The van der Waals surface area contributed by atoms with Gasteiger partial charge in [-0.25, -0.2) is 0 Å². The molecule has 0 radical (unpaired) electrons. The Hall–Kier alpha value is -1.81. The number of carbonyl (C=O) groups is 1. The van der Waals surface area contributed by atoms with Crippen LogP contribution in [-0.2, 0) is 16.1 Å². The predicted octanol–water partition coefficient (Wildman–Crippen LogP) is 4.10. The van der Waals surface area contributed by atoms with E-state index in [4.69, 9.17) is 9.47 Å². The average Bonchev–Trinajstić information content (AvgIpc) is 2.95. The molecule has 4 heteroatoms. The number of hydrogen-bond donors (Lipinski definition) is 1. The van der Waals surface area contributed by atoms with Gasteiger partial charge in [0, 0.05) is 19.0 Å². The molecule has 2 aliphatic carbocycles. The number of esters is 1. The van der Waals surface area contributed by atoms with Crippen molar-refractivity contribution in [1.82, 2.24) is 5.32 Å². The van der Waals surface area contributed by atoms with E-state index in [2.05, 4.69) is 31.0 Å². The Morgan fingerprint density at radius 2 is 2.11 bits per heavy atom. The summed E-state index contributed by atoms with van der Waals surface area (Å²) in [6.07, 6.45) is 5.76. The third-order valence-electron chi connectivity index (χ3n) is 7.17. The molecule has 1 aromatic carbocycles. The molecule has 3 aliphatic rings. The van der Waals surface area contributed by atoms with Crippen LogP contribution in [0.25, 0.3) is 0 Å². The zero-order valence-corrected chi connectivity index (χ0v) is 16.5. The summed E-state index contributed by atoms with van der Waals surface area (Å²) in [6.45, 7) is 8.17. The van der Waals surface area contributed by atoms with Crippen LogP contribution in [0.2, 0.25) is 0 Å². The van der Waals surface area contributed by atoms with Gasteiger partial charge in [0.05, 0.1) is 13.0 Å². The maximum absolute atomic E-state index is 12.6. The number of rotatable bonds is 5. The maximum Gasteiger partial charge on any atom is 0.310 e. The lowest BCUT2D eigenvalue weighted by molar-refractivity contribution is -0.146. The lowest BCUT2D eigenvalue weighted by atomic mass is 9.55. The van der Waals surface area contributed by atoms with Crippen LogP contribution in [-0.4, -0.2) is 25.7 Å². The lowest BCUT2D eigenvalue weighted by Gasteiger charge is -2.50. The Balaban J connectivity index is 1.38. The third kappa shape index (κ3) is 3.52. The molecule has 1 saturated heterocycles. The first-order chi connectivity index (χ1) is 13.0. The van der Waals surface area contributed by atoms with Gasteiger partial charge in [0.1, 0.15) is 11.9 Å². The second kappa shape index (κ2) is 7.31. The first-order valence-electron chi connectivity index (χ1n) is 10.2. The molecule has 5 atom stereocenters. The van der Waals surface area contributed by atoms with E-state index in [1.54, 1.807) is 7.11 Å². The fourth-order valence-electron chi connectivity index (χ4n) is 5.60. The average molecular weight is 370 g/mol. The first kappa shape index (κ1) is 18.5. The summed E-state index contributed by atoms with van der Waals surface area (Å²) in [4.78, 5) is 12.6. The molecule has 0 bridgehead atoms. The van der Waals surface area contributed by atoms with Gasteiger partial charge in [0.15, 0.2) is 0 Å². The normalized spacial score (nSPS) is 35.3. The van der Waals surface area contributed by atoms with Crippen molar-refractivity contribution in [1.29, 1.82) is 0 Å². The summed E-state index contributed by atoms with van der Waals surface area (Å²) >= 11 is 0. The van der Waals surface area contributed by atoms with Gasteiger partial charge in [0.25, 0.3) is 0 Å². The van der Waals surface area contributed by atoms with Crippen molar-refractivity contribution in [2.24, 2.45) is 23.2 Å². The fraction of sp³-hybridized carbons (Fsp3) is 0.609. The maximum atomic E-state index is 12.6. The van der Waals surface area contributed by atoms with Crippen molar-refractivity contribution in [3.8, 4) is 5.75 Å². The molecule has 146 valence electrons. The van der Waals surface area contributed by atoms with E-state index in [0.717, 1.165) is 31.6 Å². The quantitative estimate of drug-likeness (QED) is 0.627. The van der Waals surface area contributed by atoms with E-state index >= 15 is 0 Å². The molecule has 4 rings (SSSR count). The van der Waals surface area contributed by atoms with Gasteiger partial charge < -0.3 is 14.8 Å². The highest BCUT2D eigenvalue weighted by Crippen LogP contribution is 2.56. The van der Waals surface area contributed by atoms with Crippen LogP contribution in [0.15, 0.2) is 36.4 Å². The second-order valence-electron chi connectivity index (χ2n) is 8.88. The lowest BCUT2D eigenvalue weighted by Crippen LogP contribution is -2.45. The van der Waals surface area contributed by atoms with Gasteiger partial charge in [-0.15, -0.1) is 0 Å². The van der Waals surface area contributed by atoms with Crippen molar-refractivity contribution >= 4 is 5.97 Å². The number of benzene rings is 1. The molecule has 1 N–H and O–H groups in total. The zero-order valence-electron chi connectivity index (χ0n) is 16.5. The first-order valence-corrected chi connectivity index (χ1v) is 10.2. The number of carbonyl (C=O) groups excluding carboxylic acids is 1. The van der Waals surface area contributed by atoms with Crippen LogP contribution in [0.4, 0.5) is 0 Å². The summed E-state index contributed by atoms with van der Waals surface area (Å²) in [5, 5.41) is 3.47. The van der Waals surface area contributed by atoms with E-state index < -0.39 is 0 Å². The van der Waals surface area contributed by atoms with Crippen LogP contribution in [0.3, 0.4) is 0 Å². The molecular weight excluding hydrogens is 338 g/mol. The van der Waals surface area contributed by atoms with E-state index in [1.165, 1.54) is 24.0 Å². The highest BCUT2D eigenvalue weighted by atomic mass is 16.6. The van der Waals surface area contributed by atoms with Gasteiger partial charge in [-0.1, -0.05) is 31.2 Å². The topological polar surface area (TPSA) is 47.6 Å². The van der Waals surface area contributed by atoms with Gasteiger partial charge in [-0.2, -0.15) is 0 Å². The molecule has 2 saturated carbocycles. The minimum Gasteiger partial charge on any atom is -0.497 e. The molecule has 1 heterocycles. The minimum absolute atomic E-state index is 0.0138. The summed E-state index contributed by atoms with van der Waals surface area (Å²) in [5.41, 5.74) is 2.85. The van der Waals surface area contributed by atoms with E-state index in [9.17, 15) is 4.79 Å². The van der Waals surface area contributed by atoms with Gasteiger partial charge in [-0.05, 0) is 61.1 Å². The number of allylic oxidation sites excluding steroid dienone is 1. The SMILES string of the molecule is C=C1CCC[C@]2(C)C[C@H]3OC(=O)[C@@H](CNCc4ccc(OC)cc4)[C@H]3C[C@H]12. The summed E-state index contributed by atoms with van der Waals surface area (Å²) in [5.74, 6) is 1.69. The molecule has 0 unspecified atom stereocenters. The monoisotopic (exact) mass is 369 g/mol. The number of ether oxygens (including phenoxy) is 2. The van der Waals surface area contributed by atoms with Gasteiger partial charge >= 0.3 is 5.97 Å². The van der Waals surface area contributed by atoms with Crippen LogP contribution >= 0.6 is 0 Å². The van der Waals surface area contributed by atoms with Crippen molar-refractivity contribution < 1.29 is 14.3 Å². The Labute approximate surface area is 162 Å². The number of nitrogens with one attached hydrogen (secondary N) is 1. The second-order valence-corrected chi connectivity index (χ2v) is 8.88. The minimum atomic E-state index is -0.0347. The Morgan fingerprint density at radius 1 is 1.33 bits per heavy atom. The summed E-state index contributed by atoms with van der Waals surface area (Å²) < 4.78 is 11.0. The Morgan fingerprint density at radius 3 is 2.85 bits per heavy atom. The third-order valence-corrected chi connectivity index (χ3v) is 7.17. The molecule has 0 aromatic heterocycles. The van der Waals surface area contributed by atoms with Gasteiger partial charge in [0.2, 0.25) is 0 Å². The molecule has 0 amide bonds. The van der Waals surface area contributed by atoms with E-state index in [-0.39, 0.29) is 23.4 Å². The summed E-state index contributed by atoms with van der Waals surface area (Å²) in [7, 11) is 1.67. The number of fused-ring (bicyclic) bond motifs is 2. The van der Waals surface area contributed by atoms with Crippen LogP contribution in [0, 0.1) is 23.2 Å². The molecular formula is C23H31NO3. The largest absolute Gasteiger partial charge is 0.497 e. The van der Waals surface area contributed by atoms with Crippen LogP contribution in [0.1, 0.15) is 44.6 Å². The predicted molar refractivity (Wildman–Crippen MR) is 105 cm³/mol. The Bertz CT molecular complexity index is 713. The number of hydrogen-bond acceptors (Lipinski definition) is 4. The highest BCUT2D eigenvalue weighted by molar-refractivity contribution is 5.75. The van der Waals surface area contributed by atoms with Crippen molar-refractivity contribution in [3.05, 3.63) is 42.0 Å². The van der Waals surface area contributed by atoms with E-state index in [1.807, 2.05) is 12.1 Å². The zero-order chi connectivity index (χ0) is 19.0. The standard InChI is InChI=1S/C23H31NO3/c1-15-5-4-10-23(2)12-21-18(11-20(15)23)19(22(25)27-21)14-24-13-16-6-8-17(26-3)9-7-16/h6-9,18-21,24H,1,4-5,10-14H2,2-3H3/t18-,19+,20-,21-,23-/m1/s1. The molecule has 1 aliphatic heterocycles. The smallest absolute Gasteiger partial charge is 0.310 e. The fourth-order valence-corrected chi connectivity index (χ4v) is 5.60. The summed E-state index contributed by atoms with van der Waals surface area (Å²) in [6, 6.07) is 8.04.